The number of fused-ring (bicyclic) bond motifs is 2. The molecule has 150 valence electrons. The smallest absolute Gasteiger partial charge is 0.0799 e. The van der Waals surface area contributed by atoms with Crippen LogP contribution in [0.5, 0.6) is 0 Å². The van der Waals surface area contributed by atoms with E-state index < -0.39 is 12.2 Å². The fraction of sp³-hybridized carbons (Fsp3) is 0.462. The van der Waals surface area contributed by atoms with Crippen molar-refractivity contribution < 1.29 is 10.2 Å². The molecule has 0 amide bonds. The molecule has 0 bridgehead atoms. The zero-order valence-electron chi connectivity index (χ0n) is 17.1. The summed E-state index contributed by atoms with van der Waals surface area (Å²) in [6, 6.07) is 19.9. The molecule has 0 saturated heterocycles. The van der Waals surface area contributed by atoms with Gasteiger partial charge in [-0.25, -0.2) is 0 Å². The molecular formula is C26H34O2. The van der Waals surface area contributed by atoms with E-state index >= 15 is 0 Å². The fourth-order valence-electron chi connectivity index (χ4n) is 4.09. The molecule has 0 saturated carbocycles. The molecule has 0 spiro atoms. The molecule has 0 aliphatic heterocycles. The maximum Gasteiger partial charge on any atom is 0.0799 e. The number of aliphatic hydroxyl groups is 2. The monoisotopic (exact) mass is 378 g/mol. The summed E-state index contributed by atoms with van der Waals surface area (Å²) in [4.78, 5) is 0. The van der Waals surface area contributed by atoms with E-state index in [0.29, 0.717) is 6.42 Å². The first kappa shape index (κ1) is 20.8. The first-order valence-electron chi connectivity index (χ1n) is 11.0. The van der Waals surface area contributed by atoms with Gasteiger partial charge in [0.2, 0.25) is 0 Å². The molecule has 3 aromatic rings. The van der Waals surface area contributed by atoms with Crippen molar-refractivity contribution in [3.63, 3.8) is 0 Å². The van der Waals surface area contributed by atoms with Crippen molar-refractivity contribution in [3.8, 4) is 0 Å². The lowest BCUT2D eigenvalue weighted by Crippen LogP contribution is -2.24. The Hall–Kier alpha value is -1.90. The van der Waals surface area contributed by atoms with Crippen LogP contribution in [0.2, 0.25) is 0 Å². The molecule has 2 unspecified atom stereocenters. The maximum atomic E-state index is 9.79. The molecule has 0 fully saturated rings. The van der Waals surface area contributed by atoms with Crippen molar-refractivity contribution in [3.05, 3.63) is 60.2 Å². The van der Waals surface area contributed by atoms with Gasteiger partial charge in [0.05, 0.1) is 12.2 Å². The first-order chi connectivity index (χ1) is 13.7. The van der Waals surface area contributed by atoms with Gasteiger partial charge in [0.1, 0.15) is 0 Å². The Kier molecular flexibility index (Phi) is 7.88. The van der Waals surface area contributed by atoms with Gasteiger partial charge in [-0.05, 0) is 64.9 Å². The number of rotatable bonds is 11. The molecule has 3 aromatic carbocycles. The summed E-state index contributed by atoms with van der Waals surface area (Å²) in [5.41, 5.74) is 1.46. The van der Waals surface area contributed by atoms with Crippen LogP contribution in [0.1, 0.15) is 63.9 Å². The topological polar surface area (TPSA) is 40.5 Å². The average molecular weight is 379 g/mol. The van der Waals surface area contributed by atoms with Crippen LogP contribution in [-0.4, -0.2) is 22.4 Å². The summed E-state index contributed by atoms with van der Waals surface area (Å²) in [6.45, 7) is 1.91. The summed E-state index contributed by atoms with van der Waals surface area (Å²) in [5.74, 6) is 0. The van der Waals surface area contributed by atoms with Gasteiger partial charge < -0.3 is 10.2 Å². The van der Waals surface area contributed by atoms with Crippen molar-refractivity contribution in [2.75, 3.05) is 0 Å². The molecule has 3 rings (SSSR count). The van der Waals surface area contributed by atoms with Crippen LogP contribution in [0.3, 0.4) is 0 Å². The Morgan fingerprint density at radius 1 is 0.679 bits per heavy atom. The molecule has 2 heteroatoms. The van der Waals surface area contributed by atoms with Crippen molar-refractivity contribution in [1.82, 2.24) is 0 Å². The van der Waals surface area contributed by atoms with Gasteiger partial charge in [0.25, 0.3) is 0 Å². The van der Waals surface area contributed by atoms with Gasteiger partial charge >= 0.3 is 0 Å². The van der Waals surface area contributed by atoms with Gasteiger partial charge in [0.15, 0.2) is 0 Å². The molecule has 0 aliphatic rings. The van der Waals surface area contributed by atoms with Crippen molar-refractivity contribution >= 4 is 21.5 Å². The number of aryl methyl sites for hydroxylation is 1. The van der Waals surface area contributed by atoms with Crippen molar-refractivity contribution in [2.24, 2.45) is 0 Å². The zero-order chi connectivity index (χ0) is 19.8. The Morgan fingerprint density at radius 2 is 1.32 bits per heavy atom. The molecule has 0 aromatic heterocycles. The first-order valence-corrected chi connectivity index (χ1v) is 11.0. The van der Waals surface area contributed by atoms with Crippen LogP contribution in [0, 0.1) is 0 Å². The van der Waals surface area contributed by atoms with Gasteiger partial charge in [-0.3, -0.25) is 0 Å². The normalized spacial score (nSPS) is 13.8. The third kappa shape index (κ3) is 5.56. The summed E-state index contributed by atoms with van der Waals surface area (Å²) in [7, 11) is 0. The van der Waals surface area contributed by atoms with Crippen LogP contribution in [0.4, 0.5) is 0 Å². The molecule has 2 nitrogen and oxygen atoms in total. The van der Waals surface area contributed by atoms with E-state index in [0.717, 1.165) is 25.7 Å². The SMILES string of the molecule is CCC(O)C(O)CCCCCCCCc1cccc2cc3ccccc3cc12. The third-order valence-corrected chi connectivity index (χ3v) is 5.90. The summed E-state index contributed by atoms with van der Waals surface area (Å²) >= 11 is 0. The average Bonchev–Trinajstić information content (AvgIpc) is 2.73. The predicted molar refractivity (Wildman–Crippen MR) is 120 cm³/mol. The van der Waals surface area contributed by atoms with Crippen LogP contribution >= 0.6 is 0 Å². The Labute approximate surface area is 169 Å². The lowest BCUT2D eigenvalue weighted by atomic mass is 9.96. The largest absolute Gasteiger partial charge is 0.390 e. The van der Waals surface area contributed by atoms with E-state index in [1.165, 1.54) is 52.8 Å². The van der Waals surface area contributed by atoms with E-state index in [2.05, 4.69) is 54.6 Å². The standard InChI is InChI=1S/C26H34O2/c1-2-25(27)26(28)17-8-6-4-3-5-7-12-20-15-11-16-23-18-21-13-9-10-14-22(21)19-24(20)23/h9-11,13-16,18-19,25-28H,2-8,12,17H2,1H3. The minimum Gasteiger partial charge on any atom is -0.390 e. The van der Waals surface area contributed by atoms with E-state index in [9.17, 15) is 10.2 Å². The third-order valence-electron chi connectivity index (χ3n) is 5.90. The second-order valence-electron chi connectivity index (χ2n) is 8.04. The van der Waals surface area contributed by atoms with Crippen LogP contribution in [0.15, 0.2) is 54.6 Å². The lowest BCUT2D eigenvalue weighted by Gasteiger charge is -2.15. The van der Waals surface area contributed by atoms with Gasteiger partial charge in [0, 0.05) is 0 Å². The van der Waals surface area contributed by atoms with E-state index in [-0.39, 0.29) is 0 Å². The van der Waals surface area contributed by atoms with Crippen LogP contribution < -0.4 is 0 Å². The van der Waals surface area contributed by atoms with Crippen LogP contribution in [0.25, 0.3) is 21.5 Å². The zero-order valence-corrected chi connectivity index (χ0v) is 17.1. The van der Waals surface area contributed by atoms with E-state index in [4.69, 9.17) is 0 Å². The molecule has 2 N–H and O–H groups in total. The van der Waals surface area contributed by atoms with Crippen molar-refractivity contribution in [1.29, 1.82) is 0 Å². The van der Waals surface area contributed by atoms with E-state index in [1.54, 1.807) is 0 Å². The Balaban J connectivity index is 1.43. The quantitative estimate of drug-likeness (QED) is 0.299. The molecule has 28 heavy (non-hydrogen) atoms. The fourth-order valence-corrected chi connectivity index (χ4v) is 4.09. The predicted octanol–water partition coefficient (Wildman–Crippen LogP) is 6.40. The highest BCUT2D eigenvalue weighted by atomic mass is 16.3. The number of aliphatic hydroxyl groups excluding tert-OH is 2. The Bertz CT molecular complexity index is 871. The molecule has 0 aliphatic carbocycles. The van der Waals surface area contributed by atoms with Crippen molar-refractivity contribution in [2.45, 2.75) is 76.9 Å². The van der Waals surface area contributed by atoms with Gasteiger partial charge in [-0.2, -0.15) is 0 Å². The van der Waals surface area contributed by atoms with Gasteiger partial charge in [-0.15, -0.1) is 0 Å². The molecular weight excluding hydrogens is 344 g/mol. The summed E-state index contributed by atoms with van der Waals surface area (Å²) < 4.78 is 0. The number of benzene rings is 3. The second kappa shape index (κ2) is 10.6. The highest BCUT2D eigenvalue weighted by Gasteiger charge is 2.12. The molecule has 2 atom stereocenters. The van der Waals surface area contributed by atoms with Crippen LogP contribution in [-0.2, 0) is 6.42 Å². The maximum absolute atomic E-state index is 9.79. The highest BCUT2D eigenvalue weighted by Crippen LogP contribution is 2.26. The number of hydrogen-bond acceptors (Lipinski definition) is 2. The van der Waals surface area contributed by atoms with E-state index in [1.807, 2.05) is 6.92 Å². The minimum absolute atomic E-state index is 0.549. The highest BCUT2D eigenvalue weighted by molar-refractivity contribution is 5.99. The minimum atomic E-state index is -0.558. The second-order valence-corrected chi connectivity index (χ2v) is 8.04. The Morgan fingerprint density at radius 3 is 2.07 bits per heavy atom. The lowest BCUT2D eigenvalue weighted by molar-refractivity contribution is 0.0114. The summed E-state index contributed by atoms with van der Waals surface area (Å²) in [5, 5.41) is 24.7. The number of hydrogen-bond donors (Lipinski definition) is 2. The van der Waals surface area contributed by atoms with Gasteiger partial charge in [-0.1, -0.05) is 81.5 Å². The molecule has 0 heterocycles. The molecule has 0 radical (unpaired) electrons. The summed E-state index contributed by atoms with van der Waals surface area (Å²) in [6.07, 6.45) is 8.48. The number of unbranched alkanes of at least 4 members (excludes halogenated alkanes) is 5.